The Morgan fingerprint density at radius 1 is 1.33 bits per heavy atom. The molecule has 0 aliphatic carbocycles. The number of thiophene rings is 1. The third kappa shape index (κ3) is 3.07. The number of amides is 1. The van der Waals surface area contributed by atoms with Crippen LogP contribution in [0.15, 0.2) is 46.6 Å². The SMILES string of the molecule is O=C(c1cccs1)N1CCC(Cc2noc(-c3ccncc3)n2)C1. The summed E-state index contributed by atoms with van der Waals surface area (Å²) in [5, 5.41) is 6.00. The number of pyridine rings is 1. The van der Waals surface area contributed by atoms with Gasteiger partial charge in [-0.15, -0.1) is 11.3 Å². The molecule has 1 saturated heterocycles. The second-order valence-electron chi connectivity index (χ2n) is 5.84. The molecule has 1 atom stereocenters. The van der Waals surface area contributed by atoms with Crippen LogP contribution < -0.4 is 0 Å². The number of nitrogens with zero attached hydrogens (tertiary/aromatic N) is 4. The third-order valence-corrected chi connectivity index (χ3v) is 5.03. The summed E-state index contributed by atoms with van der Waals surface area (Å²) >= 11 is 1.49. The van der Waals surface area contributed by atoms with Gasteiger partial charge in [-0.05, 0) is 35.9 Å². The Labute approximate surface area is 143 Å². The van der Waals surface area contributed by atoms with Crippen molar-refractivity contribution in [3.63, 3.8) is 0 Å². The van der Waals surface area contributed by atoms with E-state index in [1.54, 1.807) is 12.4 Å². The fourth-order valence-corrected chi connectivity index (χ4v) is 3.64. The van der Waals surface area contributed by atoms with Gasteiger partial charge in [-0.2, -0.15) is 4.98 Å². The quantitative estimate of drug-likeness (QED) is 0.730. The van der Waals surface area contributed by atoms with Crippen molar-refractivity contribution < 1.29 is 9.32 Å². The lowest BCUT2D eigenvalue weighted by Gasteiger charge is -2.14. The zero-order valence-corrected chi connectivity index (χ0v) is 13.8. The maximum absolute atomic E-state index is 12.4. The van der Waals surface area contributed by atoms with E-state index < -0.39 is 0 Å². The lowest BCUT2D eigenvalue weighted by atomic mass is 10.1. The van der Waals surface area contributed by atoms with E-state index in [2.05, 4.69) is 15.1 Å². The van der Waals surface area contributed by atoms with E-state index in [0.717, 1.165) is 36.4 Å². The summed E-state index contributed by atoms with van der Waals surface area (Å²) in [7, 11) is 0. The molecule has 1 amide bonds. The molecule has 0 radical (unpaired) electrons. The molecule has 0 N–H and O–H groups in total. The summed E-state index contributed by atoms with van der Waals surface area (Å²) in [4.78, 5) is 23.5. The van der Waals surface area contributed by atoms with Crippen molar-refractivity contribution in [3.05, 3.63) is 52.7 Å². The van der Waals surface area contributed by atoms with Crippen LogP contribution in [0.5, 0.6) is 0 Å². The Bertz CT molecular complexity index is 816. The first kappa shape index (κ1) is 15.0. The maximum Gasteiger partial charge on any atom is 0.263 e. The minimum atomic E-state index is 0.123. The molecule has 4 heterocycles. The van der Waals surface area contributed by atoms with Crippen LogP contribution in [0.4, 0.5) is 0 Å². The Morgan fingerprint density at radius 2 is 2.21 bits per heavy atom. The minimum absolute atomic E-state index is 0.123. The van der Waals surface area contributed by atoms with Gasteiger partial charge in [0.1, 0.15) is 0 Å². The van der Waals surface area contributed by atoms with Gasteiger partial charge in [-0.3, -0.25) is 9.78 Å². The Hall–Kier alpha value is -2.54. The van der Waals surface area contributed by atoms with Crippen molar-refractivity contribution in [2.75, 3.05) is 13.1 Å². The van der Waals surface area contributed by atoms with Gasteiger partial charge in [0.05, 0.1) is 4.88 Å². The van der Waals surface area contributed by atoms with Gasteiger partial charge >= 0.3 is 0 Å². The third-order valence-electron chi connectivity index (χ3n) is 4.17. The first-order chi connectivity index (χ1) is 11.8. The molecular weight excluding hydrogens is 324 g/mol. The van der Waals surface area contributed by atoms with Gasteiger partial charge in [0.15, 0.2) is 5.82 Å². The second kappa shape index (κ2) is 6.52. The van der Waals surface area contributed by atoms with Gasteiger partial charge in [0.2, 0.25) is 0 Å². The zero-order chi connectivity index (χ0) is 16.4. The van der Waals surface area contributed by atoms with E-state index in [1.807, 2.05) is 34.5 Å². The standard InChI is InChI=1S/C17H16N4O2S/c22-17(14-2-1-9-24-14)21-8-5-12(11-21)10-15-19-16(23-20-15)13-3-6-18-7-4-13/h1-4,6-7,9,12H,5,8,10-11H2. The smallest absolute Gasteiger partial charge is 0.263 e. The molecule has 1 aliphatic heterocycles. The van der Waals surface area contributed by atoms with Gasteiger partial charge in [-0.25, -0.2) is 0 Å². The van der Waals surface area contributed by atoms with Crippen molar-refractivity contribution in [2.45, 2.75) is 12.8 Å². The second-order valence-corrected chi connectivity index (χ2v) is 6.79. The summed E-state index contributed by atoms with van der Waals surface area (Å²) < 4.78 is 5.33. The molecular formula is C17H16N4O2S. The van der Waals surface area contributed by atoms with Crippen molar-refractivity contribution in [1.29, 1.82) is 0 Å². The van der Waals surface area contributed by atoms with Crippen molar-refractivity contribution in [2.24, 2.45) is 5.92 Å². The Morgan fingerprint density at radius 3 is 3.00 bits per heavy atom. The van der Waals surface area contributed by atoms with Crippen LogP contribution in [0, 0.1) is 5.92 Å². The van der Waals surface area contributed by atoms with E-state index in [4.69, 9.17) is 4.52 Å². The number of carbonyl (C=O) groups excluding carboxylic acids is 1. The van der Waals surface area contributed by atoms with Crippen molar-refractivity contribution in [3.8, 4) is 11.5 Å². The highest BCUT2D eigenvalue weighted by Gasteiger charge is 2.28. The number of likely N-dealkylation sites (tertiary alicyclic amines) is 1. The average molecular weight is 340 g/mol. The number of aromatic nitrogens is 3. The van der Waals surface area contributed by atoms with E-state index in [-0.39, 0.29) is 5.91 Å². The van der Waals surface area contributed by atoms with Crippen LogP contribution in [0.3, 0.4) is 0 Å². The summed E-state index contributed by atoms with van der Waals surface area (Å²) in [5.74, 6) is 1.70. The molecule has 3 aromatic heterocycles. The van der Waals surface area contributed by atoms with Crippen LogP contribution in [-0.4, -0.2) is 39.0 Å². The van der Waals surface area contributed by atoms with Crippen LogP contribution in [0.2, 0.25) is 0 Å². The van der Waals surface area contributed by atoms with Gasteiger partial charge in [0.25, 0.3) is 11.8 Å². The molecule has 1 fully saturated rings. The normalized spacial score (nSPS) is 17.3. The molecule has 3 aromatic rings. The number of hydrogen-bond donors (Lipinski definition) is 0. The number of carbonyl (C=O) groups is 1. The molecule has 4 rings (SSSR count). The summed E-state index contributed by atoms with van der Waals surface area (Å²) in [5.41, 5.74) is 0.865. The van der Waals surface area contributed by atoms with E-state index in [1.165, 1.54) is 11.3 Å². The Kier molecular flexibility index (Phi) is 4.08. The lowest BCUT2D eigenvalue weighted by molar-refractivity contribution is 0.0791. The highest BCUT2D eigenvalue weighted by atomic mass is 32.1. The predicted molar refractivity (Wildman–Crippen MR) is 89.6 cm³/mol. The van der Waals surface area contributed by atoms with Crippen LogP contribution in [-0.2, 0) is 6.42 Å². The van der Waals surface area contributed by atoms with E-state index in [9.17, 15) is 4.79 Å². The van der Waals surface area contributed by atoms with E-state index >= 15 is 0 Å². The molecule has 7 heteroatoms. The fourth-order valence-electron chi connectivity index (χ4n) is 2.95. The molecule has 0 spiro atoms. The summed E-state index contributed by atoms with van der Waals surface area (Å²) in [6.07, 6.45) is 5.09. The molecule has 1 unspecified atom stereocenters. The van der Waals surface area contributed by atoms with Gasteiger partial charge in [-0.1, -0.05) is 11.2 Å². The van der Waals surface area contributed by atoms with Gasteiger partial charge in [0, 0.05) is 37.5 Å². The predicted octanol–water partition coefficient (Wildman–Crippen LogP) is 2.90. The first-order valence-electron chi connectivity index (χ1n) is 7.85. The highest BCUT2D eigenvalue weighted by Crippen LogP contribution is 2.24. The van der Waals surface area contributed by atoms with Crippen LogP contribution in [0.25, 0.3) is 11.5 Å². The highest BCUT2D eigenvalue weighted by molar-refractivity contribution is 7.12. The topological polar surface area (TPSA) is 72.1 Å². The lowest BCUT2D eigenvalue weighted by Crippen LogP contribution is -2.28. The molecule has 122 valence electrons. The van der Waals surface area contributed by atoms with Crippen LogP contribution >= 0.6 is 11.3 Å². The average Bonchev–Trinajstić information content (AvgIpc) is 3.37. The van der Waals surface area contributed by atoms with Crippen molar-refractivity contribution >= 4 is 17.2 Å². The first-order valence-corrected chi connectivity index (χ1v) is 8.73. The number of rotatable bonds is 4. The van der Waals surface area contributed by atoms with Crippen molar-refractivity contribution in [1.82, 2.24) is 20.0 Å². The monoisotopic (exact) mass is 340 g/mol. The summed E-state index contributed by atoms with van der Waals surface area (Å²) in [6.45, 7) is 1.53. The zero-order valence-electron chi connectivity index (χ0n) is 13.0. The van der Waals surface area contributed by atoms with Gasteiger partial charge < -0.3 is 9.42 Å². The van der Waals surface area contributed by atoms with E-state index in [0.29, 0.717) is 17.6 Å². The molecule has 0 aromatic carbocycles. The molecule has 24 heavy (non-hydrogen) atoms. The maximum atomic E-state index is 12.4. The molecule has 0 bridgehead atoms. The van der Waals surface area contributed by atoms with Crippen LogP contribution in [0.1, 0.15) is 21.9 Å². The number of hydrogen-bond acceptors (Lipinski definition) is 6. The molecule has 6 nitrogen and oxygen atoms in total. The molecule has 0 saturated carbocycles. The minimum Gasteiger partial charge on any atom is -0.338 e. The fraction of sp³-hybridized carbons (Fsp3) is 0.294. The largest absolute Gasteiger partial charge is 0.338 e. The molecule has 1 aliphatic rings. The summed E-state index contributed by atoms with van der Waals surface area (Å²) in [6, 6.07) is 7.47. The Balaban J connectivity index is 1.39.